The van der Waals surface area contributed by atoms with Gasteiger partial charge in [0.25, 0.3) is 5.91 Å². The highest BCUT2D eigenvalue weighted by Crippen LogP contribution is 2.34. The van der Waals surface area contributed by atoms with Gasteiger partial charge in [-0.3, -0.25) is 14.4 Å². The van der Waals surface area contributed by atoms with E-state index in [-0.39, 0.29) is 37.7 Å². The summed E-state index contributed by atoms with van der Waals surface area (Å²) in [5.41, 5.74) is 1.95. The van der Waals surface area contributed by atoms with Crippen molar-refractivity contribution in [1.29, 1.82) is 0 Å². The fraction of sp³-hybridized carbons (Fsp3) is 0.286. The zero-order chi connectivity index (χ0) is 20.1. The standard InChI is InChI=1S/C21H20BrNO5/c1-2-27-21(26)10-8-18(24)15-5-9-19-17(11-15)23(20(25)13-28-19)12-14-3-6-16(22)7-4-14/h3-7,9,11H,2,8,10,12-13H2,1H3. The van der Waals surface area contributed by atoms with Gasteiger partial charge < -0.3 is 14.4 Å². The number of amides is 1. The highest BCUT2D eigenvalue weighted by Gasteiger charge is 2.26. The Bertz CT molecular complexity index is 894. The number of esters is 1. The second kappa shape index (κ2) is 9.01. The Morgan fingerprint density at radius 1 is 1.14 bits per heavy atom. The highest BCUT2D eigenvalue weighted by molar-refractivity contribution is 9.10. The van der Waals surface area contributed by atoms with Gasteiger partial charge in [-0.1, -0.05) is 28.1 Å². The predicted octanol–water partition coefficient (Wildman–Crippen LogP) is 3.90. The lowest BCUT2D eigenvalue weighted by Crippen LogP contribution is -2.38. The molecular formula is C21H20BrNO5. The largest absolute Gasteiger partial charge is 0.482 e. The Morgan fingerprint density at radius 3 is 2.61 bits per heavy atom. The van der Waals surface area contributed by atoms with E-state index >= 15 is 0 Å². The number of benzene rings is 2. The fourth-order valence-corrected chi connectivity index (χ4v) is 3.18. The average molecular weight is 446 g/mol. The van der Waals surface area contributed by atoms with Gasteiger partial charge in [-0.15, -0.1) is 0 Å². The second-order valence-electron chi connectivity index (χ2n) is 6.31. The molecule has 3 rings (SSSR count). The molecule has 1 aliphatic rings. The molecule has 0 fully saturated rings. The van der Waals surface area contributed by atoms with E-state index < -0.39 is 5.97 Å². The zero-order valence-electron chi connectivity index (χ0n) is 15.4. The summed E-state index contributed by atoms with van der Waals surface area (Å²) in [7, 11) is 0. The predicted molar refractivity (Wildman–Crippen MR) is 107 cm³/mol. The first-order valence-electron chi connectivity index (χ1n) is 8.98. The van der Waals surface area contributed by atoms with Crippen molar-refractivity contribution in [3.8, 4) is 5.75 Å². The summed E-state index contributed by atoms with van der Waals surface area (Å²) >= 11 is 3.40. The van der Waals surface area contributed by atoms with Crippen LogP contribution in [-0.4, -0.2) is 30.9 Å². The smallest absolute Gasteiger partial charge is 0.306 e. The van der Waals surface area contributed by atoms with Gasteiger partial charge in [0.1, 0.15) is 5.75 Å². The van der Waals surface area contributed by atoms with Crippen molar-refractivity contribution in [1.82, 2.24) is 0 Å². The third-order valence-corrected chi connectivity index (χ3v) is 4.87. The molecule has 0 saturated heterocycles. The Labute approximate surface area is 171 Å². The highest BCUT2D eigenvalue weighted by atomic mass is 79.9. The second-order valence-corrected chi connectivity index (χ2v) is 7.22. The van der Waals surface area contributed by atoms with Crippen LogP contribution >= 0.6 is 15.9 Å². The summed E-state index contributed by atoms with van der Waals surface area (Å²) in [5, 5.41) is 0. The number of hydrogen-bond donors (Lipinski definition) is 0. The van der Waals surface area contributed by atoms with Crippen molar-refractivity contribution < 1.29 is 23.9 Å². The Morgan fingerprint density at radius 2 is 1.89 bits per heavy atom. The number of ether oxygens (including phenoxy) is 2. The summed E-state index contributed by atoms with van der Waals surface area (Å²) in [5.74, 6) is -0.202. The van der Waals surface area contributed by atoms with Gasteiger partial charge in [-0.2, -0.15) is 0 Å². The molecule has 1 amide bonds. The number of anilines is 1. The molecule has 28 heavy (non-hydrogen) atoms. The van der Waals surface area contributed by atoms with Crippen molar-refractivity contribution >= 4 is 39.3 Å². The number of halogens is 1. The Hall–Kier alpha value is -2.67. The molecule has 7 heteroatoms. The van der Waals surface area contributed by atoms with Crippen LogP contribution in [0.2, 0.25) is 0 Å². The topological polar surface area (TPSA) is 72.9 Å². The van der Waals surface area contributed by atoms with Crippen LogP contribution < -0.4 is 9.64 Å². The third kappa shape index (κ3) is 4.78. The molecule has 0 spiro atoms. The number of fused-ring (bicyclic) bond motifs is 1. The van der Waals surface area contributed by atoms with Crippen LogP contribution in [0.25, 0.3) is 0 Å². The summed E-state index contributed by atoms with van der Waals surface area (Å²) < 4.78 is 11.3. The summed E-state index contributed by atoms with van der Waals surface area (Å²) in [4.78, 5) is 38.0. The van der Waals surface area contributed by atoms with Crippen LogP contribution in [0.3, 0.4) is 0 Å². The van der Waals surface area contributed by atoms with Gasteiger partial charge >= 0.3 is 5.97 Å². The van der Waals surface area contributed by atoms with E-state index in [9.17, 15) is 14.4 Å². The van der Waals surface area contributed by atoms with Gasteiger partial charge in [0.15, 0.2) is 12.4 Å². The Balaban J connectivity index is 1.80. The molecule has 0 aromatic heterocycles. The molecule has 0 N–H and O–H groups in total. The molecule has 146 valence electrons. The molecule has 1 aliphatic heterocycles. The van der Waals surface area contributed by atoms with Crippen molar-refractivity contribution in [3.63, 3.8) is 0 Å². The SMILES string of the molecule is CCOC(=O)CCC(=O)c1ccc2c(c1)N(Cc1ccc(Br)cc1)C(=O)CO2. The first kappa shape index (κ1) is 20.1. The van der Waals surface area contributed by atoms with E-state index in [1.807, 2.05) is 24.3 Å². The van der Waals surface area contributed by atoms with Crippen molar-refractivity contribution in [2.24, 2.45) is 0 Å². The number of rotatable bonds is 7. The van der Waals surface area contributed by atoms with Crippen LogP contribution in [0.15, 0.2) is 46.9 Å². The quantitative estimate of drug-likeness (QED) is 0.477. The average Bonchev–Trinajstić information content (AvgIpc) is 2.69. The number of ketones is 1. The summed E-state index contributed by atoms with van der Waals surface area (Å²) in [6.07, 6.45) is 0.0843. The minimum atomic E-state index is -0.399. The van der Waals surface area contributed by atoms with E-state index in [1.165, 1.54) is 0 Å². The van der Waals surface area contributed by atoms with Crippen LogP contribution in [-0.2, 0) is 20.9 Å². The maximum absolute atomic E-state index is 12.5. The van der Waals surface area contributed by atoms with Crippen LogP contribution in [0, 0.1) is 0 Å². The maximum Gasteiger partial charge on any atom is 0.306 e. The fourth-order valence-electron chi connectivity index (χ4n) is 2.91. The van der Waals surface area contributed by atoms with E-state index in [0.717, 1.165) is 10.0 Å². The van der Waals surface area contributed by atoms with Crippen molar-refractivity contribution in [2.45, 2.75) is 26.3 Å². The van der Waals surface area contributed by atoms with E-state index in [1.54, 1.807) is 30.0 Å². The van der Waals surface area contributed by atoms with Crippen LogP contribution in [0.4, 0.5) is 5.69 Å². The number of hydrogen-bond acceptors (Lipinski definition) is 5. The van der Waals surface area contributed by atoms with E-state index in [4.69, 9.17) is 9.47 Å². The maximum atomic E-state index is 12.5. The van der Waals surface area contributed by atoms with Gasteiger partial charge in [-0.25, -0.2) is 0 Å². The molecular weight excluding hydrogens is 426 g/mol. The lowest BCUT2D eigenvalue weighted by molar-refractivity contribution is -0.143. The molecule has 0 saturated carbocycles. The number of carbonyl (C=O) groups is 3. The lowest BCUT2D eigenvalue weighted by atomic mass is 10.0. The van der Waals surface area contributed by atoms with Crippen molar-refractivity contribution in [3.05, 3.63) is 58.1 Å². The monoisotopic (exact) mass is 445 g/mol. The number of carbonyl (C=O) groups excluding carboxylic acids is 3. The lowest BCUT2D eigenvalue weighted by Gasteiger charge is -2.30. The number of nitrogens with zero attached hydrogens (tertiary/aromatic N) is 1. The zero-order valence-corrected chi connectivity index (χ0v) is 17.0. The normalized spacial score (nSPS) is 12.9. The first-order valence-corrected chi connectivity index (χ1v) is 9.77. The van der Waals surface area contributed by atoms with Gasteiger partial charge in [0.05, 0.1) is 25.3 Å². The molecule has 0 radical (unpaired) electrons. The molecule has 2 aromatic rings. The molecule has 0 bridgehead atoms. The first-order chi connectivity index (χ1) is 13.5. The molecule has 6 nitrogen and oxygen atoms in total. The number of Topliss-reactive ketones (excluding diaryl/α,β-unsaturated/α-hetero) is 1. The third-order valence-electron chi connectivity index (χ3n) is 4.34. The van der Waals surface area contributed by atoms with Gasteiger partial charge in [0, 0.05) is 16.5 Å². The van der Waals surface area contributed by atoms with Gasteiger partial charge in [-0.05, 0) is 42.8 Å². The Kier molecular flexibility index (Phi) is 6.46. The molecule has 0 atom stereocenters. The van der Waals surface area contributed by atoms with E-state index in [0.29, 0.717) is 23.5 Å². The summed E-state index contributed by atoms with van der Waals surface area (Å²) in [6, 6.07) is 12.7. The van der Waals surface area contributed by atoms with Gasteiger partial charge in [0.2, 0.25) is 0 Å². The van der Waals surface area contributed by atoms with Crippen LogP contribution in [0.1, 0.15) is 35.7 Å². The molecule has 0 aliphatic carbocycles. The molecule has 1 heterocycles. The van der Waals surface area contributed by atoms with Crippen molar-refractivity contribution in [2.75, 3.05) is 18.1 Å². The minimum Gasteiger partial charge on any atom is -0.482 e. The van der Waals surface area contributed by atoms with Crippen LogP contribution in [0.5, 0.6) is 5.75 Å². The summed E-state index contributed by atoms with van der Waals surface area (Å²) in [6.45, 7) is 2.35. The molecule has 2 aromatic carbocycles. The molecule has 0 unspecified atom stereocenters. The minimum absolute atomic E-state index is 0.0296. The van der Waals surface area contributed by atoms with E-state index in [2.05, 4.69) is 15.9 Å².